The maximum atomic E-state index is 13.9. The highest BCUT2D eigenvalue weighted by Gasteiger charge is 2.18. The van der Waals surface area contributed by atoms with Gasteiger partial charge in [-0.15, -0.1) is 0 Å². The van der Waals surface area contributed by atoms with Crippen LogP contribution in [0.4, 0.5) is 15.8 Å². The Balaban J connectivity index is 1.41. The average Bonchev–Trinajstić information content (AvgIpc) is 3.40. The van der Waals surface area contributed by atoms with Crippen molar-refractivity contribution >= 4 is 33.2 Å². The second-order valence-electron chi connectivity index (χ2n) is 7.43. The maximum Gasteiger partial charge on any atom is 0.291 e. The number of halogens is 1. The van der Waals surface area contributed by atoms with Crippen molar-refractivity contribution in [3.8, 4) is 0 Å². The third-order valence-electron chi connectivity index (χ3n) is 4.91. The number of benzene rings is 3. The summed E-state index contributed by atoms with van der Waals surface area (Å²) in [5.41, 5.74) is 1.15. The van der Waals surface area contributed by atoms with Gasteiger partial charge in [0.15, 0.2) is 5.76 Å². The molecule has 4 aromatic rings. The van der Waals surface area contributed by atoms with Gasteiger partial charge in [0.1, 0.15) is 5.82 Å². The molecule has 0 unspecified atom stereocenters. The number of sulfonamides is 1. The fourth-order valence-electron chi connectivity index (χ4n) is 3.20. The monoisotopic (exact) mass is 493 g/mol. The third-order valence-corrected chi connectivity index (χ3v) is 6.27. The molecule has 0 aliphatic rings. The van der Waals surface area contributed by atoms with Crippen molar-refractivity contribution in [3.05, 3.63) is 114 Å². The van der Waals surface area contributed by atoms with Crippen LogP contribution >= 0.6 is 0 Å². The summed E-state index contributed by atoms with van der Waals surface area (Å²) in [5, 5.41) is 5.42. The Bertz CT molecular complexity index is 1470. The van der Waals surface area contributed by atoms with E-state index < -0.39 is 27.7 Å². The minimum absolute atomic E-state index is 0.115. The van der Waals surface area contributed by atoms with Gasteiger partial charge >= 0.3 is 0 Å². The number of carbonyl (C=O) groups is 2. The van der Waals surface area contributed by atoms with E-state index in [1.165, 1.54) is 48.7 Å². The van der Waals surface area contributed by atoms with Crippen LogP contribution in [0.2, 0.25) is 0 Å². The molecule has 0 aliphatic carbocycles. The number of nitrogens with one attached hydrogen (secondary N) is 3. The highest BCUT2D eigenvalue weighted by Crippen LogP contribution is 2.20. The second kappa shape index (κ2) is 10.2. The van der Waals surface area contributed by atoms with Crippen molar-refractivity contribution in [3.63, 3.8) is 0 Å². The Labute approximate surface area is 200 Å². The summed E-state index contributed by atoms with van der Waals surface area (Å²) >= 11 is 0. The highest BCUT2D eigenvalue weighted by molar-refractivity contribution is 7.92. The number of hydrogen-bond donors (Lipinski definition) is 3. The number of rotatable bonds is 8. The van der Waals surface area contributed by atoms with Crippen LogP contribution < -0.4 is 15.4 Å². The van der Waals surface area contributed by atoms with Gasteiger partial charge in [-0.1, -0.05) is 30.3 Å². The molecule has 1 aromatic heterocycles. The quantitative estimate of drug-likeness (QED) is 0.336. The second-order valence-corrected chi connectivity index (χ2v) is 9.11. The Kier molecular flexibility index (Phi) is 6.93. The molecule has 0 fully saturated rings. The van der Waals surface area contributed by atoms with Crippen molar-refractivity contribution in [1.82, 2.24) is 5.32 Å². The van der Waals surface area contributed by atoms with E-state index in [-0.39, 0.29) is 28.5 Å². The number of furan rings is 1. The van der Waals surface area contributed by atoms with Gasteiger partial charge < -0.3 is 15.1 Å². The van der Waals surface area contributed by atoms with Crippen LogP contribution in [-0.4, -0.2) is 20.2 Å². The molecular weight excluding hydrogens is 473 g/mol. The minimum Gasteiger partial charge on any atom is -0.459 e. The molecule has 3 aromatic carbocycles. The zero-order chi connectivity index (χ0) is 24.8. The minimum atomic E-state index is -4.11. The van der Waals surface area contributed by atoms with E-state index in [1.807, 2.05) is 0 Å². The van der Waals surface area contributed by atoms with Gasteiger partial charge in [0.05, 0.1) is 16.8 Å². The maximum absolute atomic E-state index is 13.9. The van der Waals surface area contributed by atoms with Crippen LogP contribution in [0, 0.1) is 5.82 Å². The standard InChI is InChI=1S/C25H20FN3O5S/c26-21-10-1-2-11-22(21)29-35(32,33)20-9-4-7-18(15-20)24(30)27-16-17-6-3-8-19(14-17)28-25(31)23-12-5-13-34-23/h1-15,29H,16H2,(H,27,30)(H,28,31). The molecule has 1 heterocycles. The zero-order valence-corrected chi connectivity index (χ0v) is 19.0. The van der Waals surface area contributed by atoms with Gasteiger partial charge in [-0.3, -0.25) is 14.3 Å². The molecule has 0 saturated heterocycles. The van der Waals surface area contributed by atoms with E-state index >= 15 is 0 Å². The summed E-state index contributed by atoms with van der Waals surface area (Å²) in [5.74, 6) is -1.45. The molecule has 4 rings (SSSR count). The fraction of sp³-hybridized carbons (Fsp3) is 0.0400. The van der Waals surface area contributed by atoms with Crippen LogP contribution in [0.15, 0.2) is 101 Å². The average molecular weight is 494 g/mol. The summed E-state index contributed by atoms with van der Waals surface area (Å²) in [6, 6.07) is 20.8. The van der Waals surface area contributed by atoms with Crippen molar-refractivity contribution in [2.75, 3.05) is 10.0 Å². The molecule has 0 radical (unpaired) electrons. The Morgan fingerprint density at radius 2 is 1.66 bits per heavy atom. The molecule has 0 atom stereocenters. The first-order chi connectivity index (χ1) is 16.8. The molecule has 0 spiro atoms. The van der Waals surface area contributed by atoms with Gasteiger partial charge in [-0.2, -0.15) is 0 Å². The van der Waals surface area contributed by atoms with Gasteiger partial charge in [0.25, 0.3) is 21.8 Å². The Morgan fingerprint density at radius 3 is 2.43 bits per heavy atom. The highest BCUT2D eigenvalue weighted by atomic mass is 32.2. The molecule has 10 heteroatoms. The molecule has 0 bridgehead atoms. The van der Waals surface area contributed by atoms with Crippen molar-refractivity contribution < 1.29 is 26.8 Å². The first-order valence-corrected chi connectivity index (χ1v) is 11.9. The largest absolute Gasteiger partial charge is 0.459 e. The van der Waals surface area contributed by atoms with E-state index in [0.29, 0.717) is 11.3 Å². The first-order valence-electron chi connectivity index (χ1n) is 10.4. The van der Waals surface area contributed by atoms with E-state index in [0.717, 1.165) is 6.07 Å². The lowest BCUT2D eigenvalue weighted by Crippen LogP contribution is -2.23. The summed E-state index contributed by atoms with van der Waals surface area (Å²) in [6.45, 7) is 0.133. The van der Waals surface area contributed by atoms with Crippen LogP contribution in [0.3, 0.4) is 0 Å². The lowest BCUT2D eigenvalue weighted by atomic mass is 10.1. The molecule has 2 amide bonds. The number of anilines is 2. The number of para-hydroxylation sites is 1. The van der Waals surface area contributed by atoms with Crippen LogP contribution in [0.1, 0.15) is 26.5 Å². The molecule has 0 saturated carbocycles. The topological polar surface area (TPSA) is 118 Å². The van der Waals surface area contributed by atoms with E-state index in [1.54, 1.807) is 36.4 Å². The molecule has 178 valence electrons. The lowest BCUT2D eigenvalue weighted by Gasteiger charge is -2.11. The lowest BCUT2D eigenvalue weighted by molar-refractivity contribution is 0.0949. The van der Waals surface area contributed by atoms with Crippen molar-refractivity contribution in [2.24, 2.45) is 0 Å². The first kappa shape index (κ1) is 23.7. The summed E-state index contributed by atoms with van der Waals surface area (Å²) in [6.07, 6.45) is 1.40. The van der Waals surface area contributed by atoms with Crippen LogP contribution in [-0.2, 0) is 16.6 Å². The number of carbonyl (C=O) groups excluding carboxylic acids is 2. The predicted octanol–water partition coefficient (Wildman–Crippen LogP) is 4.40. The van der Waals surface area contributed by atoms with E-state index in [2.05, 4.69) is 15.4 Å². The summed E-state index contributed by atoms with van der Waals surface area (Å²) in [7, 11) is -4.11. The molecule has 35 heavy (non-hydrogen) atoms. The van der Waals surface area contributed by atoms with Gasteiger partial charge in [0.2, 0.25) is 0 Å². The molecule has 0 aliphatic heterocycles. The molecular formula is C25H20FN3O5S. The van der Waals surface area contributed by atoms with E-state index in [9.17, 15) is 22.4 Å². The van der Waals surface area contributed by atoms with Crippen LogP contribution in [0.25, 0.3) is 0 Å². The Hall–Kier alpha value is -4.44. The zero-order valence-electron chi connectivity index (χ0n) is 18.2. The number of amides is 2. The summed E-state index contributed by atoms with van der Waals surface area (Å²) < 4.78 is 46.4. The number of hydrogen-bond acceptors (Lipinski definition) is 5. The third kappa shape index (κ3) is 5.92. The fourth-order valence-corrected chi connectivity index (χ4v) is 4.31. The SMILES string of the molecule is O=C(NCc1cccc(NC(=O)c2ccco2)c1)c1cccc(S(=O)(=O)Nc2ccccc2F)c1. The van der Waals surface area contributed by atoms with Gasteiger partial charge in [-0.25, -0.2) is 12.8 Å². The van der Waals surface area contributed by atoms with Crippen LogP contribution in [0.5, 0.6) is 0 Å². The summed E-state index contributed by atoms with van der Waals surface area (Å²) in [4.78, 5) is 24.6. The Morgan fingerprint density at radius 1 is 0.857 bits per heavy atom. The van der Waals surface area contributed by atoms with E-state index in [4.69, 9.17) is 4.42 Å². The smallest absolute Gasteiger partial charge is 0.291 e. The van der Waals surface area contributed by atoms with Gasteiger partial charge in [-0.05, 0) is 60.2 Å². The predicted molar refractivity (Wildman–Crippen MR) is 128 cm³/mol. The molecule has 3 N–H and O–H groups in total. The van der Waals surface area contributed by atoms with Crippen molar-refractivity contribution in [1.29, 1.82) is 0 Å². The van der Waals surface area contributed by atoms with Crippen molar-refractivity contribution in [2.45, 2.75) is 11.4 Å². The van der Waals surface area contributed by atoms with Gasteiger partial charge in [0, 0.05) is 17.8 Å². The molecule has 8 nitrogen and oxygen atoms in total. The normalized spacial score (nSPS) is 11.0.